The standard InChI is InChI=1S/C9H16N2/c1-4-8(10)9-6(2)5-7(3)11-9/h5,8,11H,4,10H2,1-3H3. The Morgan fingerprint density at radius 1 is 1.55 bits per heavy atom. The summed E-state index contributed by atoms with van der Waals surface area (Å²) in [5.74, 6) is 0. The lowest BCUT2D eigenvalue weighted by molar-refractivity contribution is 0.674. The van der Waals surface area contributed by atoms with Crippen molar-refractivity contribution in [2.45, 2.75) is 33.2 Å². The Balaban J connectivity index is 2.93. The van der Waals surface area contributed by atoms with Crippen LogP contribution in [0.1, 0.15) is 36.3 Å². The first-order chi connectivity index (χ1) is 5.15. The lowest BCUT2D eigenvalue weighted by Gasteiger charge is -2.07. The SMILES string of the molecule is CCC(N)c1[nH]c(C)cc1C. The van der Waals surface area contributed by atoms with Crippen molar-refractivity contribution in [2.24, 2.45) is 5.73 Å². The molecule has 1 atom stereocenters. The van der Waals surface area contributed by atoms with Gasteiger partial charge in [0.15, 0.2) is 0 Å². The topological polar surface area (TPSA) is 41.8 Å². The van der Waals surface area contributed by atoms with Gasteiger partial charge in [-0.05, 0) is 31.9 Å². The highest BCUT2D eigenvalue weighted by atomic mass is 14.8. The number of rotatable bonds is 2. The molecule has 2 heteroatoms. The molecule has 0 aromatic carbocycles. The van der Waals surface area contributed by atoms with Crippen molar-refractivity contribution in [3.63, 3.8) is 0 Å². The Kier molecular flexibility index (Phi) is 2.35. The zero-order valence-electron chi connectivity index (χ0n) is 7.44. The van der Waals surface area contributed by atoms with Gasteiger partial charge in [0.2, 0.25) is 0 Å². The van der Waals surface area contributed by atoms with Gasteiger partial charge in [-0.3, -0.25) is 0 Å². The highest BCUT2D eigenvalue weighted by Crippen LogP contribution is 2.17. The average Bonchev–Trinajstić information content (AvgIpc) is 2.28. The maximum Gasteiger partial charge on any atom is 0.0447 e. The molecule has 0 amide bonds. The molecule has 2 nitrogen and oxygen atoms in total. The fourth-order valence-corrected chi connectivity index (χ4v) is 1.34. The molecule has 0 aliphatic heterocycles. The molecule has 1 aromatic heterocycles. The normalized spacial score (nSPS) is 13.5. The molecule has 1 aromatic rings. The first kappa shape index (κ1) is 8.34. The van der Waals surface area contributed by atoms with Gasteiger partial charge in [-0.15, -0.1) is 0 Å². The molecular formula is C9H16N2. The molecule has 1 rings (SSSR count). The van der Waals surface area contributed by atoms with Gasteiger partial charge in [0, 0.05) is 17.4 Å². The Hall–Kier alpha value is -0.760. The number of hydrogen-bond acceptors (Lipinski definition) is 1. The number of hydrogen-bond donors (Lipinski definition) is 2. The van der Waals surface area contributed by atoms with Gasteiger partial charge in [0.05, 0.1) is 0 Å². The van der Waals surface area contributed by atoms with E-state index < -0.39 is 0 Å². The minimum atomic E-state index is 0.170. The van der Waals surface area contributed by atoms with E-state index in [1.165, 1.54) is 17.0 Å². The summed E-state index contributed by atoms with van der Waals surface area (Å²) < 4.78 is 0. The highest BCUT2D eigenvalue weighted by Gasteiger charge is 2.08. The summed E-state index contributed by atoms with van der Waals surface area (Å²) >= 11 is 0. The van der Waals surface area contributed by atoms with Crippen LogP contribution in [0.2, 0.25) is 0 Å². The van der Waals surface area contributed by atoms with Crippen molar-refractivity contribution in [1.82, 2.24) is 4.98 Å². The molecule has 0 bridgehead atoms. The van der Waals surface area contributed by atoms with Crippen LogP contribution in [0.15, 0.2) is 6.07 Å². The number of nitrogens with one attached hydrogen (secondary N) is 1. The molecular weight excluding hydrogens is 136 g/mol. The monoisotopic (exact) mass is 152 g/mol. The molecule has 0 aliphatic rings. The van der Waals surface area contributed by atoms with Crippen LogP contribution in [0.25, 0.3) is 0 Å². The van der Waals surface area contributed by atoms with E-state index in [1.54, 1.807) is 0 Å². The third kappa shape index (κ3) is 1.63. The molecule has 62 valence electrons. The second kappa shape index (κ2) is 3.09. The van der Waals surface area contributed by atoms with Crippen LogP contribution in [0.3, 0.4) is 0 Å². The van der Waals surface area contributed by atoms with Crippen LogP contribution in [0, 0.1) is 13.8 Å². The number of aromatic amines is 1. The smallest absolute Gasteiger partial charge is 0.0447 e. The van der Waals surface area contributed by atoms with Crippen molar-refractivity contribution in [3.8, 4) is 0 Å². The van der Waals surface area contributed by atoms with E-state index >= 15 is 0 Å². The number of aromatic nitrogens is 1. The zero-order chi connectivity index (χ0) is 8.43. The minimum absolute atomic E-state index is 0.170. The van der Waals surface area contributed by atoms with E-state index in [-0.39, 0.29) is 6.04 Å². The van der Waals surface area contributed by atoms with Crippen LogP contribution in [0.5, 0.6) is 0 Å². The Morgan fingerprint density at radius 3 is 2.55 bits per heavy atom. The lowest BCUT2D eigenvalue weighted by Crippen LogP contribution is -2.10. The summed E-state index contributed by atoms with van der Waals surface area (Å²) in [6.45, 7) is 6.24. The van der Waals surface area contributed by atoms with Crippen molar-refractivity contribution < 1.29 is 0 Å². The molecule has 0 saturated heterocycles. The molecule has 3 N–H and O–H groups in total. The van der Waals surface area contributed by atoms with E-state index in [4.69, 9.17) is 5.73 Å². The van der Waals surface area contributed by atoms with Gasteiger partial charge in [-0.1, -0.05) is 6.92 Å². The first-order valence-corrected chi connectivity index (χ1v) is 4.06. The maximum atomic E-state index is 5.88. The summed E-state index contributed by atoms with van der Waals surface area (Å²) in [4.78, 5) is 3.27. The molecule has 0 aliphatic carbocycles. The highest BCUT2D eigenvalue weighted by molar-refractivity contribution is 5.26. The lowest BCUT2D eigenvalue weighted by atomic mass is 10.1. The van der Waals surface area contributed by atoms with Crippen LogP contribution < -0.4 is 5.73 Å². The van der Waals surface area contributed by atoms with Gasteiger partial charge in [-0.25, -0.2) is 0 Å². The quantitative estimate of drug-likeness (QED) is 0.669. The summed E-state index contributed by atoms with van der Waals surface area (Å²) in [6.07, 6.45) is 0.987. The van der Waals surface area contributed by atoms with Crippen molar-refractivity contribution in [2.75, 3.05) is 0 Å². The van der Waals surface area contributed by atoms with Crippen molar-refractivity contribution in [3.05, 3.63) is 23.0 Å². The minimum Gasteiger partial charge on any atom is -0.361 e. The summed E-state index contributed by atoms with van der Waals surface area (Å²) in [5.41, 5.74) is 9.53. The summed E-state index contributed by atoms with van der Waals surface area (Å²) in [6, 6.07) is 2.30. The van der Waals surface area contributed by atoms with Gasteiger partial charge < -0.3 is 10.7 Å². The zero-order valence-corrected chi connectivity index (χ0v) is 7.44. The third-order valence-electron chi connectivity index (χ3n) is 2.00. The Morgan fingerprint density at radius 2 is 2.18 bits per heavy atom. The van der Waals surface area contributed by atoms with E-state index in [9.17, 15) is 0 Å². The summed E-state index contributed by atoms with van der Waals surface area (Å²) in [7, 11) is 0. The van der Waals surface area contributed by atoms with E-state index in [0.29, 0.717) is 0 Å². The average molecular weight is 152 g/mol. The van der Waals surface area contributed by atoms with Crippen LogP contribution in [-0.2, 0) is 0 Å². The molecule has 11 heavy (non-hydrogen) atoms. The van der Waals surface area contributed by atoms with E-state index in [0.717, 1.165) is 6.42 Å². The van der Waals surface area contributed by atoms with Gasteiger partial charge in [0.25, 0.3) is 0 Å². The maximum absolute atomic E-state index is 5.88. The third-order valence-corrected chi connectivity index (χ3v) is 2.00. The van der Waals surface area contributed by atoms with Gasteiger partial charge in [-0.2, -0.15) is 0 Å². The fraction of sp³-hybridized carbons (Fsp3) is 0.556. The predicted octanol–water partition coefficient (Wildman–Crippen LogP) is 2.04. The van der Waals surface area contributed by atoms with E-state index in [2.05, 4.69) is 31.8 Å². The molecule has 0 saturated carbocycles. The Labute approximate surface area is 67.8 Å². The number of H-pyrrole nitrogens is 1. The van der Waals surface area contributed by atoms with Gasteiger partial charge >= 0.3 is 0 Å². The molecule has 1 unspecified atom stereocenters. The van der Waals surface area contributed by atoms with Crippen molar-refractivity contribution >= 4 is 0 Å². The second-order valence-electron chi connectivity index (χ2n) is 3.06. The Bertz CT molecular complexity index is 238. The van der Waals surface area contributed by atoms with Crippen LogP contribution in [0.4, 0.5) is 0 Å². The van der Waals surface area contributed by atoms with Crippen LogP contribution >= 0.6 is 0 Å². The first-order valence-electron chi connectivity index (χ1n) is 4.06. The fourth-order valence-electron chi connectivity index (χ4n) is 1.34. The second-order valence-corrected chi connectivity index (χ2v) is 3.06. The molecule has 1 heterocycles. The number of nitrogens with two attached hydrogens (primary N) is 1. The number of aryl methyl sites for hydroxylation is 2. The van der Waals surface area contributed by atoms with E-state index in [1.807, 2.05) is 0 Å². The molecule has 0 spiro atoms. The summed E-state index contributed by atoms with van der Waals surface area (Å²) in [5, 5.41) is 0. The van der Waals surface area contributed by atoms with Crippen LogP contribution in [-0.4, -0.2) is 4.98 Å². The van der Waals surface area contributed by atoms with Gasteiger partial charge in [0.1, 0.15) is 0 Å². The van der Waals surface area contributed by atoms with Crippen molar-refractivity contribution in [1.29, 1.82) is 0 Å². The largest absolute Gasteiger partial charge is 0.361 e. The molecule has 0 fully saturated rings. The predicted molar refractivity (Wildman–Crippen MR) is 47.5 cm³/mol. The molecule has 0 radical (unpaired) electrons.